The van der Waals surface area contributed by atoms with Crippen molar-refractivity contribution in [2.24, 2.45) is 5.73 Å². The maximum atomic E-state index is 5.72. The molecule has 1 aliphatic heterocycles. The number of hydrogen-bond acceptors (Lipinski definition) is 10. The summed E-state index contributed by atoms with van der Waals surface area (Å²) >= 11 is 0. The van der Waals surface area contributed by atoms with Crippen LogP contribution in [-0.4, -0.2) is 105 Å². The smallest absolute Gasteiger partial charge is 0.377 e. The fourth-order valence-corrected chi connectivity index (χ4v) is 6.53. The molecule has 0 aromatic heterocycles. The van der Waals surface area contributed by atoms with Crippen LogP contribution in [0.15, 0.2) is 0 Å². The monoisotopic (exact) mass is 458 g/mol. The molecular formula is C17H42N2O8Si2. The molecule has 0 aromatic carbocycles. The molecule has 10 nitrogen and oxygen atoms in total. The first-order valence-electron chi connectivity index (χ1n) is 9.91. The highest BCUT2D eigenvalue weighted by Crippen LogP contribution is 2.20. The van der Waals surface area contributed by atoms with E-state index in [1.807, 2.05) is 6.92 Å². The molecule has 0 aliphatic carbocycles. The van der Waals surface area contributed by atoms with E-state index in [0.29, 0.717) is 13.2 Å². The molecule has 0 amide bonds. The van der Waals surface area contributed by atoms with Crippen molar-refractivity contribution in [3.63, 3.8) is 0 Å². The van der Waals surface area contributed by atoms with Crippen LogP contribution in [0.2, 0.25) is 6.04 Å². The second-order valence-electron chi connectivity index (χ2n) is 6.34. The molecule has 12 heteroatoms. The summed E-state index contributed by atoms with van der Waals surface area (Å²) in [6.07, 6.45) is 2.02. The van der Waals surface area contributed by atoms with Crippen LogP contribution in [0.1, 0.15) is 19.8 Å². The zero-order valence-electron chi connectivity index (χ0n) is 19.2. The summed E-state index contributed by atoms with van der Waals surface area (Å²) in [6, 6.07) is 0.827. The van der Waals surface area contributed by atoms with Crippen molar-refractivity contribution in [1.82, 2.24) is 5.32 Å². The molecule has 1 saturated heterocycles. The fourth-order valence-electron chi connectivity index (χ4n) is 2.72. The summed E-state index contributed by atoms with van der Waals surface area (Å²) in [5, 5.41) is 3.21. The van der Waals surface area contributed by atoms with Crippen molar-refractivity contribution in [3.8, 4) is 0 Å². The second kappa shape index (κ2) is 16.7. The van der Waals surface area contributed by atoms with Gasteiger partial charge in [-0.05, 0) is 19.4 Å². The first-order chi connectivity index (χ1) is 14.0. The standard InChI is InChI=1S/C9H20O5Si.C8H22N2O3Si/c1-5-9(14-7-8-6-13-8)15(10-2,11-3)12-4;1-11-14(12-2,13-3)8-4-6-10-7-5-9/h8-9H,5-7H2,1-4H3;10H,4-9H2,1-3H3. The summed E-state index contributed by atoms with van der Waals surface area (Å²) in [5.74, 6) is 0. The van der Waals surface area contributed by atoms with Crippen LogP contribution < -0.4 is 11.1 Å². The molecule has 0 bridgehead atoms. The molecular weight excluding hydrogens is 416 g/mol. The van der Waals surface area contributed by atoms with Gasteiger partial charge in [-0.25, -0.2) is 0 Å². The Balaban J connectivity index is 0.000000543. The van der Waals surface area contributed by atoms with Gasteiger partial charge in [0.1, 0.15) is 11.8 Å². The van der Waals surface area contributed by atoms with E-state index in [0.717, 1.165) is 38.6 Å². The SMILES string of the molecule is CCC(OCC1CO1)[Si](OC)(OC)OC.CO[Si](CCCNCCN)(OC)OC. The summed E-state index contributed by atoms with van der Waals surface area (Å²) in [5.41, 5.74) is 5.22. The Morgan fingerprint density at radius 1 is 0.966 bits per heavy atom. The Bertz CT molecular complexity index is 370. The summed E-state index contributed by atoms with van der Waals surface area (Å²) in [4.78, 5) is 0. The lowest BCUT2D eigenvalue weighted by molar-refractivity contribution is 0.00651. The molecule has 176 valence electrons. The van der Waals surface area contributed by atoms with Gasteiger partial charge in [-0.1, -0.05) is 6.92 Å². The number of rotatable bonds is 17. The van der Waals surface area contributed by atoms with E-state index in [9.17, 15) is 0 Å². The van der Waals surface area contributed by atoms with Crippen LogP contribution >= 0.6 is 0 Å². The molecule has 3 N–H and O–H groups in total. The third kappa shape index (κ3) is 10.8. The summed E-state index contributed by atoms with van der Waals surface area (Å²) in [6.45, 7) is 5.84. The maximum Gasteiger partial charge on any atom is 0.530 e. The largest absolute Gasteiger partial charge is 0.530 e. The molecule has 1 fully saturated rings. The van der Waals surface area contributed by atoms with E-state index in [1.165, 1.54) is 0 Å². The number of ether oxygens (including phenoxy) is 2. The van der Waals surface area contributed by atoms with Gasteiger partial charge in [-0.15, -0.1) is 0 Å². The van der Waals surface area contributed by atoms with Gasteiger partial charge in [0.2, 0.25) is 0 Å². The first-order valence-corrected chi connectivity index (χ1v) is 13.6. The van der Waals surface area contributed by atoms with Gasteiger partial charge in [-0.2, -0.15) is 0 Å². The molecule has 2 atom stereocenters. The molecule has 0 aromatic rings. The quantitative estimate of drug-likeness (QED) is 0.180. The van der Waals surface area contributed by atoms with Crippen molar-refractivity contribution in [2.75, 3.05) is 75.5 Å². The van der Waals surface area contributed by atoms with Gasteiger partial charge in [0.05, 0.1) is 13.2 Å². The topological polar surface area (TPSA) is 115 Å². The van der Waals surface area contributed by atoms with Crippen LogP contribution in [0.4, 0.5) is 0 Å². The van der Waals surface area contributed by atoms with E-state index in [2.05, 4.69) is 5.32 Å². The van der Waals surface area contributed by atoms with Crippen LogP contribution in [-0.2, 0) is 36.0 Å². The van der Waals surface area contributed by atoms with Crippen LogP contribution in [0, 0.1) is 0 Å². The third-order valence-corrected chi connectivity index (χ3v) is 10.5. The number of epoxide rings is 1. The first kappa shape index (κ1) is 29.0. The minimum Gasteiger partial charge on any atom is -0.377 e. The van der Waals surface area contributed by atoms with Gasteiger partial charge in [0, 0.05) is 61.8 Å². The van der Waals surface area contributed by atoms with Crippen molar-refractivity contribution < 1.29 is 36.0 Å². The van der Waals surface area contributed by atoms with E-state index in [1.54, 1.807) is 42.7 Å². The fraction of sp³-hybridized carbons (Fsp3) is 1.00. The summed E-state index contributed by atoms with van der Waals surface area (Å²) in [7, 11) is 4.67. The zero-order chi connectivity index (χ0) is 22.2. The number of hydrogen-bond donors (Lipinski definition) is 2. The minimum atomic E-state index is -2.66. The van der Waals surface area contributed by atoms with Crippen LogP contribution in [0.3, 0.4) is 0 Å². The molecule has 1 rings (SSSR count). The van der Waals surface area contributed by atoms with Gasteiger partial charge >= 0.3 is 17.6 Å². The third-order valence-electron chi connectivity index (χ3n) is 4.59. The predicted molar refractivity (Wildman–Crippen MR) is 115 cm³/mol. The van der Waals surface area contributed by atoms with Crippen LogP contribution in [0.5, 0.6) is 0 Å². The average Bonchev–Trinajstić information content (AvgIpc) is 3.59. The van der Waals surface area contributed by atoms with Crippen molar-refractivity contribution in [2.45, 2.75) is 37.6 Å². The molecule has 0 radical (unpaired) electrons. The van der Waals surface area contributed by atoms with Gasteiger partial charge in [-0.3, -0.25) is 0 Å². The maximum absolute atomic E-state index is 5.72. The van der Waals surface area contributed by atoms with Gasteiger partial charge < -0.3 is 47.1 Å². The Hall–Kier alpha value is 0.0338. The molecule has 1 heterocycles. The average molecular weight is 459 g/mol. The van der Waals surface area contributed by atoms with Crippen molar-refractivity contribution >= 4 is 17.6 Å². The van der Waals surface area contributed by atoms with Crippen LogP contribution in [0.25, 0.3) is 0 Å². The lowest BCUT2D eigenvalue weighted by Gasteiger charge is -2.31. The molecule has 29 heavy (non-hydrogen) atoms. The Morgan fingerprint density at radius 2 is 1.52 bits per heavy atom. The highest BCUT2D eigenvalue weighted by atomic mass is 28.4. The van der Waals surface area contributed by atoms with E-state index in [4.69, 9.17) is 41.8 Å². The molecule has 0 spiro atoms. The minimum absolute atomic E-state index is 0.123. The molecule has 0 saturated carbocycles. The predicted octanol–water partition coefficient (Wildman–Crippen LogP) is 0.401. The van der Waals surface area contributed by atoms with Gasteiger partial charge in [0.15, 0.2) is 0 Å². The van der Waals surface area contributed by atoms with Gasteiger partial charge in [0.25, 0.3) is 0 Å². The van der Waals surface area contributed by atoms with Crippen molar-refractivity contribution in [3.05, 3.63) is 0 Å². The van der Waals surface area contributed by atoms with E-state index in [-0.39, 0.29) is 11.8 Å². The summed E-state index contributed by atoms with van der Waals surface area (Å²) < 4.78 is 42.8. The van der Waals surface area contributed by atoms with E-state index < -0.39 is 17.6 Å². The lowest BCUT2D eigenvalue weighted by atomic mass is 10.5. The highest BCUT2D eigenvalue weighted by molar-refractivity contribution is 6.62. The normalized spacial score (nSPS) is 17.6. The Labute approximate surface area is 178 Å². The number of nitrogens with two attached hydrogens (primary N) is 1. The molecule has 1 aliphatic rings. The van der Waals surface area contributed by atoms with E-state index >= 15 is 0 Å². The Kier molecular flexibility index (Phi) is 16.7. The molecule has 2 unspecified atom stereocenters. The number of nitrogens with one attached hydrogen (secondary N) is 1. The van der Waals surface area contributed by atoms with Crippen molar-refractivity contribution in [1.29, 1.82) is 0 Å². The second-order valence-corrected chi connectivity index (χ2v) is 12.5. The highest BCUT2D eigenvalue weighted by Gasteiger charge is 2.48. The lowest BCUT2D eigenvalue weighted by Crippen LogP contribution is -2.55. The Morgan fingerprint density at radius 3 is 1.90 bits per heavy atom. The zero-order valence-corrected chi connectivity index (χ0v) is 21.2.